The third-order valence-corrected chi connectivity index (χ3v) is 4.97. The van der Waals surface area contributed by atoms with Crippen molar-refractivity contribution in [3.63, 3.8) is 0 Å². The summed E-state index contributed by atoms with van der Waals surface area (Å²) in [6.07, 6.45) is 6.18. The fourth-order valence-electron chi connectivity index (χ4n) is 3.43. The van der Waals surface area contributed by atoms with Crippen molar-refractivity contribution in [2.75, 3.05) is 38.3 Å². The number of methoxy groups -OCH3 is 1. The molecule has 2 aromatic heterocycles. The molecule has 2 aromatic rings. The smallest absolute Gasteiger partial charge is 0.267 e. The molecule has 1 fully saturated rings. The highest BCUT2D eigenvalue weighted by atomic mass is 16.5. The van der Waals surface area contributed by atoms with Gasteiger partial charge in [-0.1, -0.05) is 6.07 Å². The maximum absolute atomic E-state index is 13.3. The minimum Gasteiger partial charge on any atom is -0.383 e. The van der Waals surface area contributed by atoms with Crippen molar-refractivity contribution in [3.8, 4) is 6.07 Å². The molecule has 0 saturated carbocycles. The number of rotatable bonds is 6. The Labute approximate surface area is 169 Å². The highest BCUT2D eigenvalue weighted by Crippen LogP contribution is 2.23. The lowest BCUT2D eigenvalue weighted by molar-refractivity contribution is -0.117. The Morgan fingerprint density at radius 3 is 2.83 bits per heavy atom. The standard InChI is InChI=1S/C21H25N5O3/c1-15-7-6-11-26-18(15)24-19(25-9-4-3-5-10-25)17(21(26)28)13-16(14-22)20(27)23-8-12-29-2/h6-7,11,13H,3-5,8-10,12H2,1-2H3,(H,23,27)/b16-13+. The molecule has 8 heteroatoms. The van der Waals surface area contributed by atoms with E-state index in [0.29, 0.717) is 18.1 Å². The fraction of sp³-hybridized carbons (Fsp3) is 0.429. The number of ether oxygens (including phenoxy) is 1. The van der Waals surface area contributed by atoms with Crippen molar-refractivity contribution in [1.82, 2.24) is 14.7 Å². The Balaban J connectivity index is 2.13. The Kier molecular flexibility index (Phi) is 6.62. The van der Waals surface area contributed by atoms with Crippen LogP contribution in [-0.2, 0) is 9.53 Å². The van der Waals surface area contributed by atoms with Gasteiger partial charge in [0.05, 0.1) is 12.2 Å². The van der Waals surface area contributed by atoms with E-state index in [-0.39, 0.29) is 23.2 Å². The molecule has 0 spiro atoms. The first kappa shape index (κ1) is 20.6. The number of carbonyl (C=O) groups is 1. The second-order valence-corrected chi connectivity index (χ2v) is 7.01. The van der Waals surface area contributed by atoms with Gasteiger partial charge in [-0.3, -0.25) is 14.0 Å². The zero-order valence-corrected chi connectivity index (χ0v) is 16.8. The summed E-state index contributed by atoms with van der Waals surface area (Å²) in [6.45, 7) is 4.10. The van der Waals surface area contributed by atoms with E-state index in [1.54, 1.807) is 12.3 Å². The number of piperidine rings is 1. The molecule has 152 valence electrons. The fourth-order valence-corrected chi connectivity index (χ4v) is 3.43. The van der Waals surface area contributed by atoms with Crippen LogP contribution < -0.4 is 15.8 Å². The molecule has 0 atom stereocenters. The van der Waals surface area contributed by atoms with Gasteiger partial charge < -0.3 is 15.0 Å². The van der Waals surface area contributed by atoms with Crippen molar-refractivity contribution in [3.05, 3.63) is 45.4 Å². The minimum absolute atomic E-state index is 0.133. The summed E-state index contributed by atoms with van der Waals surface area (Å²) in [4.78, 5) is 32.5. The predicted molar refractivity (Wildman–Crippen MR) is 111 cm³/mol. The van der Waals surface area contributed by atoms with Crippen molar-refractivity contribution < 1.29 is 9.53 Å². The molecule has 0 aliphatic carbocycles. The average Bonchev–Trinajstić information content (AvgIpc) is 2.74. The number of hydrogen-bond acceptors (Lipinski definition) is 6. The summed E-state index contributed by atoms with van der Waals surface area (Å²) >= 11 is 0. The lowest BCUT2D eigenvalue weighted by Gasteiger charge is -2.29. The van der Waals surface area contributed by atoms with Crippen LogP contribution in [-0.4, -0.2) is 48.6 Å². The maximum atomic E-state index is 13.3. The van der Waals surface area contributed by atoms with Gasteiger partial charge in [0.15, 0.2) is 0 Å². The van der Waals surface area contributed by atoms with Gasteiger partial charge in [0.1, 0.15) is 23.1 Å². The molecule has 0 radical (unpaired) electrons. The number of pyridine rings is 1. The number of amides is 1. The molecule has 3 rings (SSSR count). The van der Waals surface area contributed by atoms with E-state index < -0.39 is 5.91 Å². The van der Waals surface area contributed by atoms with Crippen molar-refractivity contribution >= 4 is 23.4 Å². The van der Waals surface area contributed by atoms with Gasteiger partial charge in [0, 0.05) is 32.9 Å². The molecule has 1 saturated heterocycles. The van der Waals surface area contributed by atoms with E-state index in [1.807, 2.05) is 19.1 Å². The van der Waals surface area contributed by atoms with Crippen LogP contribution >= 0.6 is 0 Å². The first-order valence-corrected chi connectivity index (χ1v) is 9.72. The van der Waals surface area contributed by atoms with Gasteiger partial charge in [-0.25, -0.2) is 4.98 Å². The highest BCUT2D eigenvalue weighted by Gasteiger charge is 2.21. The molecule has 0 bridgehead atoms. The number of anilines is 1. The van der Waals surface area contributed by atoms with Crippen LogP contribution in [0.1, 0.15) is 30.4 Å². The Bertz CT molecular complexity index is 1030. The molecule has 0 aromatic carbocycles. The van der Waals surface area contributed by atoms with E-state index >= 15 is 0 Å². The Morgan fingerprint density at radius 1 is 1.38 bits per heavy atom. The number of aryl methyl sites for hydroxylation is 1. The number of aromatic nitrogens is 2. The molecule has 1 N–H and O–H groups in total. The van der Waals surface area contributed by atoms with E-state index in [4.69, 9.17) is 9.72 Å². The average molecular weight is 395 g/mol. The number of fused-ring (bicyclic) bond motifs is 1. The molecule has 1 aliphatic heterocycles. The molecule has 1 aliphatic rings. The minimum atomic E-state index is -0.539. The number of hydrogen-bond donors (Lipinski definition) is 1. The lowest BCUT2D eigenvalue weighted by atomic mass is 10.1. The van der Waals surface area contributed by atoms with E-state index in [9.17, 15) is 14.9 Å². The van der Waals surface area contributed by atoms with Crippen molar-refractivity contribution in [1.29, 1.82) is 5.26 Å². The summed E-state index contributed by atoms with van der Waals surface area (Å²) in [5.41, 5.74) is 1.30. The monoisotopic (exact) mass is 395 g/mol. The summed E-state index contributed by atoms with van der Waals surface area (Å²) in [6, 6.07) is 5.59. The zero-order chi connectivity index (χ0) is 20.8. The summed E-state index contributed by atoms with van der Waals surface area (Å²) < 4.78 is 6.38. The number of nitrogens with one attached hydrogen (secondary N) is 1. The quantitative estimate of drug-likeness (QED) is 0.454. The molecule has 3 heterocycles. The predicted octanol–water partition coefficient (Wildman–Crippen LogP) is 1.66. The van der Waals surface area contributed by atoms with Crippen molar-refractivity contribution in [2.24, 2.45) is 0 Å². The Morgan fingerprint density at radius 2 is 2.14 bits per heavy atom. The molecular weight excluding hydrogens is 370 g/mol. The van der Waals surface area contributed by atoms with E-state index in [2.05, 4.69) is 10.2 Å². The zero-order valence-electron chi connectivity index (χ0n) is 16.8. The van der Waals surface area contributed by atoms with Gasteiger partial charge in [0.2, 0.25) is 0 Å². The van der Waals surface area contributed by atoms with Crippen LogP contribution in [0.25, 0.3) is 11.7 Å². The normalized spacial score (nSPS) is 14.7. The largest absolute Gasteiger partial charge is 0.383 e. The van der Waals surface area contributed by atoms with Gasteiger partial charge in [-0.15, -0.1) is 0 Å². The Hall–Kier alpha value is -3.18. The van der Waals surface area contributed by atoms with Gasteiger partial charge in [-0.2, -0.15) is 5.26 Å². The second kappa shape index (κ2) is 9.34. The second-order valence-electron chi connectivity index (χ2n) is 7.01. The van der Waals surface area contributed by atoms with Crippen LogP contribution in [0.4, 0.5) is 5.82 Å². The molecular formula is C21H25N5O3. The molecule has 1 amide bonds. The summed E-state index contributed by atoms with van der Waals surface area (Å²) in [7, 11) is 1.53. The van der Waals surface area contributed by atoms with Gasteiger partial charge in [-0.05, 0) is 43.9 Å². The summed E-state index contributed by atoms with van der Waals surface area (Å²) in [5.74, 6) is -0.00988. The van der Waals surface area contributed by atoms with Gasteiger partial charge >= 0.3 is 0 Å². The van der Waals surface area contributed by atoms with Crippen molar-refractivity contribution in [2.45, 2.75) is 26.2 Å². The first-order chi connectivity index (χ1) is 14.1. The summed E-state index contributed by atoms with van der Waals surface area (Å²) in [5, 5.41) is 12.1. The number of nitrogens with zero attached hydrogens (tertiary/aromatic N) is 4. The van der Waals surface area contributed by atoms with Crippen LogP contribution in [0.15, 0.2) is 28.7 Å². The third kappa shape index (κ3) is 4.46. The van der Waals surface area contributed by atoms with E-state index in [1.165, 1.54) is 17.6 Å². The van der Waals surface area contributed by atoms with Gasteiger partial charge in [0.25, 0.3) is 11.5 Å². The third-order valence-electron chi connectivity index (χ3n) is 4.97. The maximum Gasteiger partial charge on any atom is 0.267 e. The van der Waals surface area contributed by atoms with E-state index in [0.717, 1.165) is 37.9 Å². The molecule has 0 unspecified atom stereocenters. The number of nitriles is 1. The van der Waals surface area contributed by atoms with Crippen LogP contribution in [0, 0.1) is 18.3 Å². The van der Waals surface area contributed by atoms with Crippen LogP contribution in [0.2, 0.25) is 0 Å². The number of carbonyl (C=O) groups excluding carboxylic acids is 1. The lowest BCUT2D eigenvalue weighted by Crippen LogP contribution is -2.34. The topological polar surface area (TPSA) is 99.7 Å². The van der Waals surface area contributed by atoms with Crippen LogP contribution in [0.3, 0.4) is 0 Å². The molecule has 8 nitrogen and oxygen atoms in total. The van der Waals surface area contributed by atoms with Crippen LogP contribution in [0.5, 0.6) is 0 Å². The highest BCUT2D eigenvalue weighted by molar-refractivity contribution is 6.02. The SMILES string of the molecule is COCCNC(=O)/C(C#N)=C/c1c(N2CCCCC2)nc2c(C)cccn2c1=O. The first-order valence-electron chi connectivity index (χ1n) is 9.72. The molecule has 29 heavy (non-hydrogen) atoms.